The highest BCUT2D eigenvalue weighted by Gasteiger charge is 2.34. The van der Waals surface area contributed by atoms with Crippen molar-refractivity contribution in [3.63, 3.8) is 0 Å². The van der Waals surface area contributed by atoms with Crippen molar-refractivity contribution in [2.45, 2.75) is 31.7 Å². The van der Waals surface area contributed by atoms with E-state index in [-0.39, 0.29) is 17.8 Å². The number of carboxylic acid groups (broad SMARTS) is 1. The molecule has 1 saturated carbocycles. The van der Waals surface area contributed by atoms with Crippen LogP contribution in [0.2, 0.25) is 0 Å². The third-order valence-electron chi connectivity index (χ3n) is 6.23. The first-order chi connectivity index (χ1) is 17.0. The largest absolute Gasteiger partial charge is 0.481 e. The third-order valence-corrected chi connectivity index (χ3v) is 6.23. The number of pyridine rings is 1. The number of hydrogen-bond acceptors (Lipinski definition) is 7. The number of hydrogen-bond donors (Lipinski definition) is 2. The van der Waals surface area contributed by atoms with Gasteiger partial charge in [-0.2, -0.15) is 0 Å². The Morgan fingerprint density at radius 2 is 1.91 bits per heavy atom. The minimum absolute atomic E-state index is 0.0610. The summed E-state index contributed by atoms with van der Waals surface area (Å²) in [5.74, 6) is 1.55. The second kappa shape index (κ2) is 9.35. The fourth-order valence-electron chi connectivity index (χ4n) is 4.57. The van der Waals surface area contributed by atoms with Gasteiger partial charge in [-0.25, -0.2) is 14.6 Å². The van der Waals surface area contributed by atoms with E-state index in [1.54, 1.807) is 16.9 Å². The van der Waals surface area contributed by atoms with Gasteiger partial charge in [0.2, 0.25) is 5.95 Å². The number of aromatic nitrogens is 6. The number of anilines is 1. The SMILES string of the molecule is C#Cc1cccc(-c2cc(-c3cn(Cc4cccc(C5CCC[C@@H]5C(=O)O)n4)nn3)nc(N)n2)c1. The molecular formula is C26H23N7O2. The summed E-state index contributed by atoms with van der Waals surface area (Å²) in [5.41, 5.74) is 10.9. The summed E-state index contributed by atoms with van der Waals surface area (Å²) >= 11 is 0. The Labute approximate surface area is 202 Å². The van der Waals surface area contributed by atoms with E-state index in [0.717, 1.165) is 35.4 Å². The van der Waals surface area contributed by atoms with E-state index in [2.05, 4.69) is 26.2 Å². The average Bonchev–Trinajstić information content (AvgIpc) is 3.54. The molecule has 0 aliphatic heterocycles. The fraction of sp³-hybridized carbons (Fsp3) is 0.231. The molecule has 4 aromatic rings. The van der Waals surface area contributed by atoms with Gasteiger partial charge in [-0.05, 0) is 43.2 Å². The van der Waals surface area contributed by atoms with Crippen LogP contribution in [0, 0.1) is 18.3 Å². The van der Waals surface area contributed by atoms with Crippen molar-refractivity contribution in [3.05, 3.63) is 71.7 Å². The standard InChI is InChI=1S/C26H23N7O2/c1-2-16-6-3-7-17(12-16)22-13-23(30-26(27)29-22)24-15-33(32-31-24)14-18-8-4-11-21(28-18)19-9-5-10-20(19)25(34)35/h1,3-4,6-8,11-13,15,19-20H,5,9-10,14H2,(H,34,35)(H2,27,29,30)/t19?,20-/m0/s1. The number of nitrogen functional groups attached to an aromatic ring is 1. The molecule has 3 heterocycles. The maximum Gasteiger partial charge on any atom is 0.307 e. The van der Waals surface area contributed by atoms with Crippen molar-refractivity contribution >= 4 is 11.9 Å². The summed E-state index contributed by atoms with van der Waals surface area (Å²) in [6.07, 6.45) is 9.72. The molecule has 1 fully saturated rings. The van der Waals surface area contributed by atoms with Crippen LogP contribution in [0.1, 0.15) is 42.1 Å². The number of rotatable bonds is 6. The first-order valence-electron chi connectivity index (χ1n) is 11.3. The minimum Gasteiger partial charge on any atom is -0.481 e. The zero-order valence-electron chi connectivity index (χ0n) is 18.9. The summed E-state index contributed by atoms with van der Waals surface area (Å²) in [7, 11) is 0. The second-order valence-electron chi connectivity index (χ2n) is 8.56. The molecular weight excluding hydrogens is 442 g/mol. The Kier molecular flexibility index (Phi) is 5.94. The van der Waals surface area contributed by atoms with Gasteiger partial charge in [-0.3, -0.25) is 9.78 Å². The Hall–Kier alpha value is -4.58. The van der Waals surface area contributed by atoms with Crippen molar-refractivity contribution in [2.24, 2.45) is 5.92 Å². The Morgan fingerprint density at radius 3 is 2.74 bits per heavy atom. The van der Waals surface area contributed by atoms with E-state index in [4.69, 9.17) is 17.1 Å². The van der Waals surface area contributed by atoms with Crippen LogP contribution >= 0.6 is 0 Å². The van der Waals surface area contributed by atoms with E-state index in [0.29, 0.717) is 30.0 Å². The average molecular weight is 466 g/mol. The number of terminal acetylenes is 1. The van der Waals surface area contributed by atoms with Crippen molar-refractivity contribution in [3.8, 4) is 35.0 Å². The highest BCUT2D eigenvalue weighted by atomic mass is 16.4. The number of benzene rings is 1. The van der Waals surface area contributed by atoms with Crippen molar-refractivity contribution in [1.82, 2.24) is 29.9 Å². The summed E-state index contributed by atoms with van der Waals surface area (Å²) in [4.78, 5) is 25.0. The maximum absolute atomic E-state index is 11.6. The van der Waals surface area contributed by atoms with Crippen LogP contribution in [-0.2, 0) is 11.3 Å². The van der Waals surface area contributed by atoms with Crippen LogP contribution in [0.5, 0.6) is 0 Å². The lowest BCUT2D eigenvalue weighted by Crippen LogP contribution is -2.18. The van der Waals surface area contributed by atoms with Crippen molar-refractivity contribution in [2.75, 3.05) is 5.73 Å². The first-order valence-corrected chi connectivity index (χ1v) is 11.3. The maximum atomic E-state index is 11.6. The number of carbonyl (C=O) groups is 1. The van der Waals surface area contributed by atoms with Gasteiger partial charge in [0.05, 0.1) is 35.7 Å². The Morgan fingerprint density at radius 1 is 1.09 bits per heavy atom. The molecule has 0 spiro atoms. The molecule has 1 aliphatic carbocycles. The van der Waals surface area contributed by atoms with Crippen LogP contribution < -0.4 is 5.73 Å². The molecule has 1 aliphatic rings. The summed E-state index contributed by atoms with van der Waals surface area (Å²) in [6, 6.07) is 15.0. The summed E-state index contributed by atoms with van der Waals surface area (Å²) in [5, 5.41) is 18.0. The molecule has 0 bridgehead atoms. The van der Waals surface area contributed by atoms with E-state index in [1.165, 1.54) is 0 Å². The predicted molar refractivity (Wildman–Crippen MR) is 130 cm³/mol. The Bertz CT molecular complexity index is 1440. The van der Waals surface area contributed by atoms with Gasteiger partial charge >= 0.3 is 5.97 Å². The smallest absolute Gasteiger partial charge is 0.307 e. The van der Waals surface area contributed by atoms with E-state index < -0.39 is 5.97 Å². The van der Waals surface area contributed by atoms with Gasteiger partial charge in [0.1, 0.15) is 5.69 Å². The van der Waals surface area contributed by atoms with Crippen LogP contribution in [0.25, 0.3) is 22.6 Å². The zero-order valence-corrected chi connectivity index (χ0v) is 18.9. The van der Waals surface area contributed by atoms with Gasteiger partial charge in [-0.15, -0.1) is 11.5 Å². The van der Waals surface area contributed by atoms with Crippen LogP contribution in [0.15, 0.2) is 54.7 Å². The molecule has 35 heavy (non-hydrogen) atoms. The molecule has 3 N–H and O–H groups in total. The number of carboxylic acids is 1. The van der Waals surface area contributed by atoms with Crippen LogP contribution in [0.3, 0.4) is 0 Å². The Balaban J connectivity index is 1.38. The van der Waals surface area contributed by atoms with E-state index in [9.17, 15) is 9.90 Å². The number of nitrogens with zero attached hydrogens (tertiary/aromatic N) is 6. The molecule has 5 rings (SSSR count). The predicted octanol–water partition coefficient (Wildman–Crippen LogP) is 3.38. The quantitative estimate of drug-likeness (QED) is 0.414. The lowest BCUT2D eigenvalue weighted by Gasteiger charge is -2.15. The summed E-state index contributed by atoms with van der Waals surface area (Å²) < 4.78 is 1.67. The van der Waals surface area contributed by atoms with Gasteiger partial charge in [0.15, 0.2) is 0 Å². The topological polar surface area (TPSA) is 133 Å². The van der Waals surface area contributed by atoms with Crippen LogP contribution in [0.4, 0.5) is 5.95 Å². The van der Waals surface area contributed by atoms with E-state index in [1.807, 2.05) is 42.5 Å². The third kappa shape index (κ3) is 4.73. The molecule has 0 radical (unpaired) electrons. The molecule has 9 heteroatoms. The van der Waals surface area contributed by atoms with Crippen LogP contribution in [-0.4, -0.2) is 41.0 Å². The molecule has 0 saturated heterocycles. The summed E-state index contributed by atoms with van der Waals surface area (Å²) in [6.45, 7) is 0.392. The highest BCUT2D eigenvalue weighted by Crippen LogP contribution is 2.39. The second-order valence-corrected chi connectivity index (χ2v) is 8.56. The van der Waals surface area contributed by atoms with Crippen molar-refractivity contribution < 1.29 is 9.90 Å². The zero-order chi connectivity index (χ0) is 24.4. The van der Waals surface area contributed by atoms with Gasteiger partial charge in [0, 0.05) is 22.7 Å². The normalized spacial score (nSPS) is 17.2. The molecule has 174 valence electrons. The lowest BCUT2D eigenvalue weighted by atomic mass is 9.92. The molecule has 9 nitrogen and oxygen atoms in total. The molecule has 3 aromatic heterocycles. The highest BCUT2D eigenvalue weighted by molar-refractivity contribution is 5.71. The molecule has 0 amide bonds. The lowest BCUT2D eigenvalue weighted by molar-refractivity contribution is -0.142. The van der Waals surface area contributed by atoms with E-state index >= 15 is 0 Å². The fourth-order valence-corrected chi connectivity index (χ4v) is 4.57. The van der Waals surface area contributed by atoms with Gasteiger partial charge in [-0.1, -0.05) is 35.8 Å². The van der Waals surface area contributed by atoms with Gasteiger partial charge < -0.3 is 10.8 Å². The van der Waals surface area contributed by atoms with Gasteiger partial charge in [0.25, 0.3) is 0 Å². The minimum atomic E-state index is -0.755. The number of aliphatic carboxylic acids is 1. The molecule has 2 atom stereocenters. The number of nitrogens with two attached hydrogens (primary N) is 1. The molecule has 1 aromatic carbocycles. The monoisotopic (exact) mass is 465 g/mol. The first kappa shape index (κ1) is 22.2. The molecule has 1 unspecified atom stereocenters. The van der Waals surface area contributed by atoms with Crippen molar-refractivity contribution in [1.29, 1.82) is 0 Å².